The van der Waals surface area contributed by atoms with E-state index in [-0.39, 0.29) is 55.6 Å². The number of carboxylic acid groups (broad SMARTS) is 1. The fourth-order valence-corrected chi connectivity index (χ4v) is 8.76. The van der Waals surface area contributed by atoms with E-state index < -0.39 is 155 Å². The maximum Gasteiger partial charge on any atom is 0.325 e. The predicted molar refractivity (Wildman–Crippen MR) is 334 cm³/mol. The lowest BCUT2D eigenvalue weighted by molar-refractivity contribution is -0.141. The van der Waals surface area contributed by atoms with Crippen molar-refractivity contribution in [3.63, 3.8) is 0 Å². The quantitative estimate of drug-likeness (QED) is 0.0211. The van der Waals surface area contributed by atoms with Crippen LogP contribution in [0, 0.1) is 17.8 Å². The molecule has 88 heavy (non-hydrogen) atoms. The summed E-state index contributed by atoms with van der Waals surface area (Å²) in [5.41, 5.74) is 23.1. The Bertz CT molecular complexity index is 2300. The molecule has 0 aromatic carbocycles. The monoisotopic (exact) mass is 1270 g/mol. The molecule has 0 radical (unpaired) electrons. The number of aliphatic carboxylic acids is 1. The van der Waals surface area contributed by atoms with Gasteiger partial charge >= 0.3 is 5.97 Å². The highest BCUT2D eigenvalue weighted by atomic mass is 32.1. The van der Waals surface area contributed by atoms with Crippen LogP contribution < -0.4 is 86.7 Å². The molecule has 0 aliphatic heterocycles. The summed E-state index contributed by atoms with van der Waals surface area (Å²) in [5.74, 6) is -10.9. The van der Waals surface area contributed by atoms with Crippen molar-refractivity contribution in [3.8, 4) is 0 Å². The molecule has 0 spiro atoms. The van der Waals surface area contributed by atoms with Gasteiger partial charge in [0.2, 0.25) is 70.9 Å². The van der Waals surface area contributed by atoms with E-state index in [0.29, 0.717) is 64.6 Å². The zero-order valence-corrected chi connectivity index (χ0v) is 54.5. The van der Waals surface area contributed by atoms with E-state index in [2.05, 4.69) is 76.4 Å². The molecule has 0 aromatic rings. The number of carbonyl (C=O) groups is 13. The van der Waals surface area contributed by atoms with Gasteiger partial charge in [-0.3, -0.25) is 62.3 Å². The lowest BCUT2D eigenvalue weighted by Crippen LogP contribution is -2.60. The number of carbonyl (C=O) groups excluding carboxylic acids is 12. The lowest BCUT2D eigenvalue weighted by atomic mass is 10.0. The molecule has 0 aromatic heterocycles. The first-order valence-electron chi connectivity index (χ1n) is 30.5. The molecule has 0 aliphatic carbocycles. The molecule has 0 saturated heterocycles. The third-order valence-corrected chi connectivity index (χ3v) is 14.2. The van der Waals surface area contributed by atoms with Gasteiger partial charge in [0.15, 0.2) is 0 Å². The normalized spacial score (nSPS) is 15.7. The van der Waals surface area contributed by atoms with Crippen molar-refractivity contribution < 1.29 is 67.4 Å². The zero-order valence-electron chi connectivity index (χ0n) is 53.6. The second-order valence-electron chi connectivity index (χ2n) is 23.6. The molecular weight excluding hydrogens is 1160 g/mol. The maximum atomic E-state index is 13.9. The summed E-state index contributed by atoms with van der Waals surface area (Å²) in [6.45, 7) is 19.8. The summed E-state index contributed by atoms with van der Waals surface area (Å²) >= 11 is 4.30. The van der Waals surface area contributed by atoms with Crippen molar-refractivity contribution in [3.05, 3.63) is 0 Å². The number of nitrogens with two attached hydrogens (primary N) is 4. The van der Waals surface area contributed by atoms with E-state index in [9.17, 15) is 62.3 Å². The van der Waals surface area contributed by atoms with Gasteiger partial charge in [-0.2, -0.15) is 12.6 Å². The Kier molecular flexibility index (Phi) is 39.8. The van der Waals surface area contributed by atoms with Gasteiger partial charge in [0.1, 0.15) is 72.5 Å². The van der Waals surface area contributed by atoms with Crippen LogP contribution >= 0.6 is 12.6 Å². The molecule has 0 heterocycles. The number of thiol groups is 1. The van der Waals surface area contributed by atoms with Crippen LogP contribution in [-0.2, 0) is 62.3 Å². The van der Waals surface area contributed by atoms with E-state index in [0.717, 1.165) is 0 Å². The van der Waals surface area contributed by atoms with Gasteiger partial charge < -0.3 is 91.8 Å². The topological polar surface area (TPSA) is 491 Å². The first-order valence-corrected chi connectivity index (χ1v) is 31.1. The SMILES string of the molecule is CC(C)C[C@H](NC(=O)[C@H](C)NC(=O)[C@H](C)NC(=O)[C@H](CC(C)C)NC(=O)[C@H](C)NC(=O)[C@H](C)NC(=O)[C@H](CC(C)C)NC(=O)[C@H](CS)NC(=O)[C@H](CCCCN)NC(=O)[C@H](CCCCN)NC(=O)[C@@H](N)CCCCN)C(=O)N[C@@H](C)C(=O)N[C@@H](C)C(=O)O. The van der Waals surface area contributed by atoms with Crippen molar-refractivity contribution in [2.75, 3.05) is 25.4 Å². The van der Waals surface area contributed by atoms with E-state index in [1.165, 1.54) is 41.5 Å². The van der Waals surface area contributed by atoms with Gasteiger partial charge in [0, 0.05) is 5.75 Å². The van der Waals surface area contributed by atoms with Gasteiger partial charge in [0.05, 0.1) is 6.04 Å². The van der Waals surface area contributed by atoms with Gasteiger partial charge in [0.25, 0.3) is 0 Å². The molecule has 13 atom stereocenters. The lowest BCUT2D eigenvalue weighted by Gasteiger charge is -2.27. The second-order valence-corrected chi connectivity index (χ2v) is 24.0. The summed E-state index contributed by atoms with van der Waals surface area (Å²) in [5, 5.41) is 39.7. The second kappa shape index (κ2) is 43.1. The van der Waals surface area contributed by atoms with Crippen molar-refractivity contribution in [2.24, 2.45) is 40.7 Å². The number of amides is 12. The predicted octanol–water partition coefficient (Wildman–Crippen LogP) is -3.21. The third kappa shape index (κ3) is 32.5. The van der Waals surface area contributed by atoms with Gasteiger partial charge in [-0.1, -0.05) is 48.0 Å². The standard InChI is InChI=1S/C57H106N16O14S/c1-29(2)25-41(53(82)64-32(7)45(74)62-35(10)49(78)71-42(26-30(3)4)54(83)66-34(9)47(76)67-37(12)57(86)87)70-48(77)36(11)63-46(75)33(8)65-55(84)43(27-31(5)6)72-56(85)44(28-88)73-52(81)40(21-15-18-24-60)69-51(80)39(20-14-17-23-59)68-50(79)38(61)19-13-16-22-58/h29-44,88H,13-28,58-61H2,1-12H3,(H,62,74)(H,63,75)(H,64,82)(H,65,84)(H,66,83)(H,67,76)(H,68,79)(H,69,80)(H,70,77)(H,71,78)(H,72,85)(H,73,81)(H,86,87)/t32-,33-,34-,35-,36-,37-,38-,39-,40-,41-,42-,43-,44-/m0/s1. The Labute approximate surface area is 523 Å². The highest BCUT2D eigenvalue weighted by Gasteiger charge is 2.35. The first-order chi connectivity index (χ1) is 41.1. The molecule has 0 unspecified atom stereocenters. The fourth-order valence-electron chi connectivity index (χ4n) is 8.50. The van der Waals surface area contributed by atoms with Crippen molar-refractivity contribution in [1.29, 1.82) is 0 Å². The maximum absolute atomic E-state index is 13.9. The van der Waals surface area contributed by atoms with Crippen LogP contribution in [0.4, 0.5) is 0 Å². The molecule has 0 bridgehead atoms. The summed E-state index contributed by atoms with van der Waals surface area (Å²) in [7, 11) is 0. The van der Waals surface area contributed by atoms with E-state index in [1.54, 1.807) is 41.5 Å². The number of hydrogen-bond acceptors (Lipinski definition) is 18. The van der Waals surface area contributed by atoms with Crippen molar-refractivity contribution in [2.45, 2.75) is 239 Å². The molecule has 504 valence electrons. The molecular formula is C57H106N16O14S. The number of hydrogen-bond donors (Lipinski definition) is 18. The Morgan fingerprint density at radius 2 is 0.534 bits per heavy atom. The molecule has 31 heteroatoms. The molecule has 0 aliphatic rings. The van der Waals surface area contributed by atoms with Crippen LogP contribution in [0.25, 0.3) is 0 Å². The van der Waals surface area contributed by atoms with Crippen molar-refractivity contribution >= 4 is 89.5 Å². The average molecular weight is 1270 g/mol. The number of rotatable bonds is 44. The molecule has 0 rings (SSSR count). The van der Waals surface area contributed by atoms with Crippen LogP contribution in [0.15, 0.2) is 0 Å². The molecule has 21 N–H and O–H groups in total. The van der Waals surface area contributed by atoms with E-state index >= 15 is 0 Å². The first kappa shape index (κ1) is 81.3. The minimum atomic E-state index is -1.32. The highest BCUT2D eigenvalue weighted by Crippen LogP contribution is 2.12. The minimum absolute atomic E-state index is 0.0830. The van der Waals surface area contributed by atoms with E-state index in [4.69, 9.17) is 28.0 Å². The van der Waals surface area contributed by atoms with Gasteiger partial charge in [-0.05, 0) is 150 Å². The smallest absolute Gasteiger partial charge is 0.325 e. The average Bonchev–Trinajstić information content (AvgIpc) is 3.58. The molecule has 12 amide bonds. The molecule has 0 fully saturated rings. The largest absolute Gasteiger partial charge is 0.480 e. The van der Waals surface area contributed by atoms with Crippen LogP contribution in [0.5, 0.6) is 0 Å². The summed E-state index contributed by atoms with van der Waals surface area (Å²) in [6, 6.07) is -15.5. The Morgan fingerprint density at radius 3 is 0.830 bits per heavy atom. The fraction of sp³-hybridized carbons (Fsp3) is 0.772. The number of carboxylic acids is 1. The third-order valence-electron chi connectivity index (χ3n) is 13.8. The number of unbranched alkanes of at least 4 members (excludes halogenated alkanes) is 3. The van der Waals surface area contributed by atoms with Gasteiger partial charge in [-0.25, -0.2) is 0 Å². The summed E-state index contributed by atoms with van der Waals surface area (Å²) < 4.78 is 0. The highest BCUT2D eigenvalue weighted by molar-refractivity contribution is 7.80. The molecule has 0 saturated carbocycles. The summed E-state index contributed by atoms with van der Waals surface area (Å²) in [4.78, 5) is 172. The zero-order chi connectivity index (χ0) is 67.5. The summed E-state index contributed by atoms with van der Waals surface area (Å²) in [6.07, 6.45) is 4.22. The van der Waals surface area contributed by atoms with Crippen LogP contribution in [0.2, 0.25) is 0 Å². The number of nitrogens with one attached hydrogen (secondary N) is 12. The van der Waals surface area contributed by atoms with Crippen LogP contribution in [0.3, 0.4) is 0 Å². The van der Waals surface area contributed by atoms with Gasteiger partial charge in [-0.15, -0.1) is 0 Å². The van der Waals surface area contributed by atoms with Crippen LogP contribution in [-0.4, -0.2) is 186 Å². The van der Waals surface area contributed by atoms with Crippen LogP contribution in [0.1, 0.15) is 160 Å². The minimum Gasteiger partial charge on any atom is -0.480 e. The Morgan fingerprint density at radius 1 is 0.307 bits per heavy atom. The van der Waals surface area contributed by atoms with E-state index in [1.807, 2.05) is 0 Å². The Balaban J connectivity index is 5.97. The van der Waals surface area contributed by atoms with Crippen molar-refractivity contribution in [1.82, 2.24) is 63.8 Å². The Hall–Kier alpha value is -6.70. The molecule has 30 nitrogen and oxygen atoms in total.